The number of benzene rings is 1. The van der Waals surface area contributed by atoms with Crippen molar-refractivity contribution in [3.8, 4) is 0 Å². The molecule has 0 spiro atoms. The fraction of sp³-hybridized carbons (Fsp3) is 0.308. The van der Waals surface area contributed by atoms with Gasteiger partial charge < -0.3 is 15.3 Å². The fourth-order valence-electron chi connectivity index (χ4n) is 2.39. The van der Waals surface area contributed by atoms with Crippen LogP contribution < -0.4 is 0 Å². The molecule has 1 aliphatic rings. The molecule has 1 aliphatic carbocycles. The van der Waals surface area contributed by atoms with Gasteiger partial charge in [-0.05, 0) is 10.1 Å². The minimum Gasteiger partial charge on any atom is -0.506 e. The number of hydrogen-bond acceptors (Lipinski definition) is 4. The topological polar surface area (TPSA) is 87.0 Å². The zero-order valence-electron chi connectivity index (χ0n) is 11.0. The number of carbonyl (C=O) groups is 1. The molecule has 10 heteroatoms. The van der Waals surface area contributed by atoms with E-state index in [9.17, 15) is 27.6 Å². The Morgan fingerprint density at radius 1 is 1.09 bits per heavy atom. The molecule has 0 fully saturated rings. The van der Waals surface area contributed by atoms with Gasteiger partial charge >= 0.3 is 17.7 Å². The number of halogens is 5. The molecule has 1 aromatic carbocycles. The van der Waals surface area contributed by atoms with E-state index in [4.69, 9.17) is 10.2 Å². The normalized spacial score (nSPS) is 40.5. The van der Waals surface area contributed by atoms with Crippen LogP contribution in [0.25, 0.3) is 0 Å². The molecule has 3 N–H and O–H groups in total. The molecule has 0 aliphatic heterocycles. The summed E-state index contributed by atoms with van der Waals surface area (Å²) in [6.45, 7) is 0. The van der Waals surface area contributed by atoms with Crippen molar-refractivity contribution in [1.82, 2.24) is 0 Å². The van der Waals surface area contributed by atoms with Crippen LogP contribution in [-0.2, 0) is 15.4 Å². The van der Waals surface area contributed by atoms with Crippen molar-refractivity contribution in [2.24, 2.45) is 0 Å². The maximum absolute atomic E-state index is 15.3. The summed E-state index contributed by atoms with van der Waals surface area (Å²) in [6.07, 6.45) is -0.598. The molecule has 126 valence electrons. The first-order chi connectivity index (χ1) is 10.5. The number of carboxylic acids is 1. The number of hydrogen-bond donors (Lipinski definition) is 3. The zero-order valence-corrected chi connectivity index (χ0v) is 11.0. The van der Waals surface area contributed by atoms with E-state index in [1.807, 2.05) is 0 Å². The van der Waals surface area contributed by atoms with Gasteiger partial charge in [0.2, 0.25) is 0 Å². The molecule has 0 heterocycles. The molecule has 0 amide bonds. The molecular weight excluding hydrogens is 331 g/mol. The smallest absolute Gasteiger partial charge is 0.352 e. The molecule has 23 heavy (non-hydrogen) atoms. The second-order valence-electron chi connectivity index (χ2n) is 4.87. The number of aliphatic hydroxyl groups excluding tert-OH is 1. The minimum atomic E-state index is -5.26. The number of alkyl halides is 4. The van der Waals surface area contributed by atoms with E-state index in [2.05, 4.69) is 4.94 Å². The van der Waals surface area contributed by atoms with Gasteiger partial charge in [0, 0.05) is 6.08 Å². The van der Waals surface area contributed by atoms with Gasteiger partial charge in [-0.25, -0.2) is 13.6 Å². The molecule has 0 bridgehead atoms. The van der Waals surface area contributed by atoms with Gasteiger partial charge in [-0.3, -0.25) is 0 Å². The van der Waals surface area contributed by atoms with Crippen molar-refractivity contribution in [1.29, 1.82) is 0 Å². The van der Waals surface area contributed by atoms with Crippen molar-refractivity contribution in [3.63, 3.8) is 0 Å². The second-order valence-corrected chi connectivity index (χ2v) is 4.87. The van der Waals surface area contributed by atoms with E-state index in [1.54, 1.807) is 0 Å². The highest BCUT2D eigenvalue weighted by atomic mass is 19.3. The van der Waals surface area contributed by atoms with E-state index in [1.165, 1.54) is 6.07 Å². The lowest BCUT2D eigenvalue weighted by Crippen LogP contribution is -2.72. The minimum absolute atomic E-state index is 0.598. The van der Waals surface area contributed by atoms with Crippen LogP contribution in [0.15, 0.2) is 42.2 Å². The van der Waals surface area contributed by atoms with Gasteiger partial charge in [-0.1, -0.05) is 30.3 Å². The zero-order chi connectivity index (χ0) is 17.7. The van der Waals surface area contributed by atoms with E-state index in [0.29, 0.717) is 12.1 Å². The SMILES string of the molecule is O=C(O)C1(F)C=C(O)C(O)(F)C(F)(OF)C1(F)c1ccccc1. The van der Waals surface area contributed by atoms with Gasteiger partial charge in [-0.2, -0.15) is 8.78 Å². The Kier molecular flexibility index (Phi) is 3.65. The number of rotatable bonds is 3. The Morgan fingerprint density at radius 2 is 1.61 bits per heavy atom. The Balaban J connectivity index is 2.94. The highest BCUT2D eigenvalue weighted by Crippen LogP contribution is 2.60. The van der Waals surface area contributed by atoms with E-state index in [0.717, 1.165) is 12.1 Å². The molecule has 4 unspecified atom stereocenters. The molecule has 1 aromatic rings. The highest BCUT2D eigenvalue weighted by Gasteiger charge is 2.84. The van der Waals surface area contributed by atoms with Crippen LogP contribution in [0, 0.1) is 0 Å². The van der Waals surface area contributed by atoms with Crippen LogP contribution in [-0.4, -0.2) is 38.7 Å². The first-order valence-corrected chi connectivity index (χ1v) is 5.98. The average Bonchev–Trinajstić information content (AvgIpc) is 2.52. The molecule has 0 saturated carbocycles. The van der Waals surface area contributed by atoms with Gasteiger partial charge in [0.25, 0.3) is 11.3 Å². The maximum atomic E-state index is 15.3. The lowest BCUT2D eigenvalue weighted by Gasteiger charge is -2.48. The van der Waals surface area contributed by atoms with Gasteiger partial charge in [0.15, 0.2) is 5.76 Å². The summed E-state index contributed by atoms with van der Waals surface area (Å²) in [5.74, 6) is -15.2. The van der Waals surface area contributed by atoms with Crippen LogP contribution in [0.1, 0.15) is 5.56 Å². The summed E-state index contributed by atoms with van der Waals surface area (Å²) < 4.78 is 71.3. The average molecular weight is 340 g/mol. The summed E-state index contributed by atoms with van der Waals surface area (Å²) in [5, 5.41) is 27.3. The van der Waals surface area contributed by atoms with Crippen molar-refractivity contribution in [2.45, 2.75) is 23.0 Å². The molecular formula is C13H9F5O5. The van der Waals surface area contributed by atoms with Crippen molar-refractivity contribution < 1.29 is 47.1 Å². The fourth-order valence-corrected chi connectivity index (χ4v) is 2.39. The van der Waals surface area contributed by atoms with Crippen LogP contribution in [0.4, 0.5) is 22.1 Å². The van der Waals surface area contributed by atoms with Gasteiger partial charge in [-0.15, -0.1) is 4.94 Å². The predicted octanol–water partition coefficient (Wildman–Crippen LogP) is 2.32. The summed E-state index contributed by atoms with van der Waals surface area (Å²) in [5.41, 5.74) is -10.4. The predicted molar refractivity (Wildman–Crippen MR) is 63.5 cm³/mol. The third kappa shape index (κ3) is 1.81. The molecule has 0 aromatic heterocycles. The largest absolute Gasteiger partial charge is 0.506 e. The number of aliphatic carboxylic acids is 1. The third-order valence-electron chi connectivity index (χ3n) is 3.63. The van der Waals surface area contributed by atoms with Crippen LogP contribution in [0.3, 0.4) is 0 Å². The summed E-state index contributed by atoms with van der Waals surface area (Å²) in [4.78, 5) is 13.6. The van der Waals surface area contributed by atoms with E-state index >= 15 is 4.39 Å². The number of aliphatic hydroxyl groups is 2. The molecule has 4 atom stereocenters. The van der Waals surface area contributed by atoms with Gasteiger partial charge in [0.1, 0.15) is 0 Å². The first-order valence-electron chi connectivity index (χ1n) is 5.98. The van der Waals surface area contributed by atoms with Crippen LogP contribution >= 0.6 is 0 Å². The van der Waals surface area contributed by atoms with E-state index in [-0.39, 0.29) is 0 Å². The Hall–Kier alpha value is -2.20. The third-order valence-corrected chi connectivity index (χ3v) is 3.63. The second kappa shape index (κ2) is 4.90. The summed E-state index contributed by atoms with van der Waals surface area (Å²) in [7, 11) is 0. The highest BCUT2D eigenvalue weighted by molar-refractivity contribution is 5.84. The molecule has 0 radical (unpaired) electrons. The molecule has 5 nitrogen and oxygen atoms in total. The van der Waals surface area contributed by atoms with Crippen LogP contribution in [0.2, 0.25) is 0 Å². The van der Waals surface area contributed by atoms with Crippen molar-refractivity contribution in [3.05, 3.63) is 47.7 Å². The molecule has 0 saturated heterocycles. The standard InChI is InChI=1S/C13H9F5O5/c14-10(9(20)21)6-8(19)12(16,22)13(17,23-18)11(10,15)7-4-2-1-3-5-7/h1-6,19,22H,(H,20,21). The van der Waals surface area contributed by atoms with Gasteiger partial charge in [0.05, 0.1) is 0 Å². The Labute approximate surface area is 125 Å². The number of carboxylic acid groups (broad SMARTS) is 1. The Bertz CT molecular complexity index is 666. The summed E-state index contributed by atoms with van der Waals surface area (Å²) >= 11 is 0. The maximum Gasteiger partial charge on any atom is 0.352 e. The Morgan fingerprint density at radius 3 is 2.04 bits per heavy atom. The first kappa shape index (κ1) is 17.2. The van der Waals surface area contributed by atoms with Crippen molar-refractivity contribution in [2.75, 3.05) is 0 Å². The lowest BCUT2D eigenvalue weighted by atomic mass is 9.68. The molecule has 2 rings (SSSR count). The monoisotopic (exact) mass is 340 g/mol. The quantitative estimate of drug-likeness (QED) is 0.735. The van der Waals surface area contributed by atoms with Crippen molar-refractivity contribution >= 4 is 5.97 Å². The van der Waals surface area contributed by atoms with E-state index < -0.39 is 46.4 Å². The van der Waals surface area contributed by atoms with Crippen LogP contribution in [0.5, 0.6) is 0 Å². The summed E-state index contributed by atoms with van der Waals surface area (Å²) in [6, 6.07) is 4.47. The lowest BCUT2D eigenvalue weighted by molar-refractivity contribution is -0.436.